The molecule has 0 saturated carbocycles. The Morgan fingerprint density at radius 1 is 1.43 bits per heavy atom. The summed E-state index contributed by atoms with van der Waals surface area (Å²) in [5.41, 5.74) is 0.513. The minimum atomic E-state index is -1.22. The standard InChI is InChI=1S/C11H8O3/c12-10(13)11-6-5-9(14-11)7-3-1-2-4-8(7)11/h1-6,9H,(H,12,13)/t9-,11-/m0/s1. The van der Waals surface area contributed by atoms with Gasteiger partial charge in [0.15, 0.2) is 0 Å². The van der Waals surface area contributed by atoms with Gasteiger partial charge in [-0.3, -0.25) is 0 Å². The third kappa shape index (κ3) is 0.692. The SMILES string of the molecule is O=C(O)[C@@]12C=C[C@H](O1)c1ccccc12. The van der Waals surface area contributed by atoms with E-state index in [4.69, 9.17) is 9.84 Å². The molecule has 0 amide bonds. The van der Waals surface area contributed by atoms with Gasteiger partial charge in [-0.1, -0.05) is 30.3 Å². The average molecular weight is 188 g/mol. The maximum absolute atomic E-state index is 11.2. The second-order valence-corrected chi connectivity index (χ2v) is 3.53. The molecule has 0 aliphatic carbocycles. The molecule has 70 valence electrons. The Balaban J connectivity index is 2.28. The Kier molecular flexibility index (Phi) is 1.25. The summed E-state index contributed by atoms with van der Waals surface area (Å²) in [4.78, 5) is 11.2. The average Bonchev–Trinajstić information content (AvgIpc) is 2.75. The molecule has 2 aliphatic rings. The molecule has 3 rings (SSSR count). The van der Waals surface area contributed by atoms with E-state index in [9.17, 15) is 4.79 Å². The van der Waals surface area contributed by atoms with E-state index in [1.807, 2.05) is 24.3 Å². The summed E-state index contributed by atoms with van der Waals surface area (Å²) >= 11 is 0. The van der Waals surface area contributed by atoms with Crippen molar-refractivity contribution in [3.63, 3.8) is 0 Å². The smallest absolute Gasteiger partial charge is 0.344 e. The van der Waals surface area contributed by atoms with E-state index in [2.05, 4.69) is 0 Å². The number of hydrogen-bond acceptors (Lipinski definition) is 2. The summed E-state index contributed by atoms with van der Waals surface area (Å²) in [6.45, 7) is 0. The molecule has 0 aromatic heterocycles. The van der Waals surface area contributed by atoms with Crippen molar-refractivity contribution in [1.82, 2.24) is 0 Å². The van der Waals surface area contributed by atoms with Crippen molar-refractivity contribution in [2.75, 3.05) is 0 Å². The first-order chi connectivity index (χ1) is 6.74. The summed E-state index contributed by atoms with van der Waals surface area (Å²) in [5, 5.41) is 9.16. The van der Waals surface area contributed by atoms with Crippen molar-refractivity contribution in [2.24, 2.45) is 0 Å². The van der Waals surface area contributed by atoms with Crippen LogP contribution in [0.25, 0.3) is 0 Å². The number of carboxylic acids is 1. The Labute approximate surface area is 80.6 Å². The molecule has 0 fully saturated rings. The van der Waals surface area contributed by atoms with Crippen molar-refractivity contribution in [3.05, 3.63) is 47.5 Å². The minimum absolute atomic E-state index is 0.178. The van der Waals surface area contributed by atoms with Gasteiger partial charge in [-0.05, 0) is 11.6 Å². The van der Waals surface area contributed by atoms with Gasteiger partial charge in [-0.2, -0.15) is 0 Å². The third-order valence-corrected chi connectivity index (χ3v) is 2.80. The fourth-order valence-corrected chi connectivity index (χ4v) is 2.14. The number of carbonyl (C=O) groups is 1. The summed E-state index contributed by atoms with van der Waals surface area (Å²) in [7, 11) is 0. The van der Waals surface area contributed by atoms with Crippen LogP contribution >= 0.6 is 0 Å². The molecule has 1 aromatic rings. The zero-order valence-corrected chi connectivity index (χ0v) is 7.31. The van der Waals surface area contributed by atoms with E-state index in [-0.39, 0.29) is 6.10 Å². The first-order valence-corrected chi connectivity index (χ1v) is 4.44. The summed E-state index contributed by atoms with van der Waals surface area (Å²) in [6.07, 6.45) is 3.25. The number of aliphatic carboxylic acids is 1. The lowest BCUT2D eigenvalue weighted by Crippen LogP contribution is -2.31. The van der Waals surface area contributed by atoms with Crippen LogP contribution in [-0.4, -0.2) is 11.1 Å². The van der Waals surface area contributed by atoms with Gasteiger partial charge in [0.05, 0.1) is 0 Å². The number of benzene rings is 1. The Morgan fingerprint density at radius 3 is 3.00 bits per heavy atom. The van der Waals surface area contributed by atoms with Crippen LogP contribution in [0.2, 0.25) is 0 Å². The topological polar surface area (TPSA) is 46.5 Å². The molecular formula is C11H8O3. The van der Waals surface area contributed by atoms with Crippen molar-refractivity contribution < 1.29 is 14.6 Å². The minimum Gasteiger partial charge on any atom is -0.479 e. The summed E-state index contributed by atoms with van der Waals surface area (Å²) < 4.78 is 5.48. The molecule has 0 saturated heterocycles. The maximum atomic E-state index is 11.2. The lowest BCUT2D eigenvalue weighted by atomic mass is 9.87. The highest BCUT2D eigenvalue weighted by Gasteiger charge is 2.52. The van der Waals surface area contributed by atoms with Crippen LogP contribution in [0.1, 0.15) is 17.2 Å². The van der Waals surface area contributed by atoms with E-state index >= 15 is 0 Å². The van der Waals surface area contributed by atoms with Crippen molar-refractivity contribution in [2.45, 2.75) is 11.7 Å². The molecule has 3 nitrogen and oxygen atoms in total. The van der Waals surface area contributed by atoms with Gasteiger partial charge in [0.25, 0.3) is 0 Å². The molecule has 1 aromatic carbocycles. The van der Waals surface area contributed by atoms with Crippen molar-refractivity contribution in [1.29, 1.82) is 0 Å². The molecule has 0 unspecified atom stereocenters. The lowest BCUT2D eigenvalue weighted by Gasteiger charge is -2.18. The molecule has 0 radical (unpaired) electrons. The van der Waals surface area contributed by atoms with Gasteiger partial charge in [0.2, 0.25) is 5.60 Å². The zero-order chi connectivity index (χ0) is 9.76. The number of fused-ring (bicyclic) bond motifs is 5. The zero-order valence-electron chi connectivity index (χ0n) is 7.31. The van der Waals surface area contributed by atoms with Gasteiger partial charge >= 0.3 is 5.97 Å². The van der Waals surface area contributed by atoms with Crippen molar-refractivity contribution >= 4 is 5.97 Å². The summed E-state index contributed by atoms with van der Waals surface area (Å²) in [6, 6.07) is 7.45. The fraction of sp³-hybridized carbons (Fsp3) is 0.182. The van der Waals surface area contributed by atoms with Crippen LogP contribution < -0.4 is 0 Å². The van der Waals surface area contributed by atoms with Crippen LogP contribution in [0.4, 0.5) is 0 Å². The second-order valence-electron chi connectivity index (χ2n) is 3.53. The van der Waals surface area contributed by atoms with Gasteiger partial charge in [-0.25, -0.2) is 4.79 Å². The van der Waals surface area contributed by atoms with Crippen LogP contribution in [0.15, 0.2) is 36.4 Å². The number of carboxylic acid groups (broad SMARTS) is 1. The van der Waals surface area contributed by atoms with Crippen LogP contribution in [0.3, 0.4) is 0 Å². The molecule has 2 atom stereocenters. The van der Waals surface area contributed by atoms with E-state index < -0.39 is 11.6 Å². The summed E-state index contributed by atoms with van der Waals surface area (Å²) in [5.74, 6) is -0.943. The Morgan fingerprint density at radius 2 is 2.21 bits per heavy atom. The van der Waals surface area contributed by atoms with Gasteiger partial charge in [0.1, 0.15) is 6.10 Å². The highest BCUT2D eigenvalue weighted by atomic mass is 16.5. The Hall–Kier alpha value is -1.61. The second kappa shape index (κ2) is 2.25. The van der Waals surface area contributed by atoms with E-state index in [0.29, 0.717) is 0 Å². The molecular weight excluding hydrogens is 180 g/mol. The highest BCUT2D eigenvalue weighted by Crippen LogP contribution is 2.50. The monoisotopic (exact) mass is 188 g/mol. The number of rotatable bonds is 1. The number of hydrogen-bond donors (Lipinski definition) is 1. The first kappa shape index (κ1) is 7.76. The quantitative estimate of drug-likeness (QED) is 0.681. The largest absolute Gasteiger partial charge is 0.479 e. The van der Waals surface area contributed by atoms with Crippen LogP contribution in [-0.2, 0) is 15.1 Å². The van der Waals surface area contributed by atoms with Gasteiger partial charge in [-0.15, -0.1) is 0 Å². The molecule has 2 bridgehead atoms. The van der Waals surface area contributed by atoms with E-state index in [1.165, 1.54) is 0 Å². The third-order valence-electron chi connectivity index (χ3n) is 2.80. The lowest BCUT2D eigenvalue weighted by molar-refractivity contribution is -0.158. The molecule has 0 spiro atoms. The van der Waals surface area contributed by atoms with Gasteiger partial charge < -0.3 is 9.84 Å². The molecule has 2 aliphatic heterocycles. The molecule has 1 N–H and O–H groups in total. The maximum Gasteiger partial charge on any atom is 0.344 e. The van der Waals surface area contributed by atoms with Gasteiger partial charge in [0, 0.05) is 5.56 Å². The molecule has 2 heterocycles. The first-order valence-electron chi connectivity index (χ1n) is 4.44. The van der Waals surface area contributed by atoms with Crippen LogP contribution in [0.5, 0.6) is 0 Å². The normalized spacial score (nSPS) is 31.9. The predicted octanol–water partition coefficient (Wildman–Crippen LogP) is 1.61. The number of ether oxygens (including phenoxy) is 1. The predicted molar refractivity (Wildman–Crippen MR) is 48.7 cm³/mol. The molecule has 14 heavy (non-hydrogen) atoms. The Bertz CT molecular complexity index is 450. The fourth-order valence-electron chi connectivity index (χ4n) is 2.14. The van der Waals surface area contributed by atoms with E-state index in [0.717, 1.165) is 11.1 Å². The van der Waals surface area contributed by atoms with Crippen molar-refractivity contribution in [3.8, 4) is 0 Å². The molecule has 3 heteroatoms. The van der Waals surface area contributed by atoms with E-state index in [1.54, 1.807) is 12.2 Å². The van der Waals surface area contributed by atoms with Crippen LogP contribution in [0, 0.1) is 0 Å². The highest BCUT2D eigenvalue weighted by molar-refractivity contribution is 5.85.